The predicted molar refractivity (Wildman–Crippen MR) is 136 cm³/mol. The topological polar surface area (TPSA) is 33.3 Å². The van der Waals surface area contributed by atoms with E-state index in [1.54, 1.807) is 19.1 Å². The van der Waals surface area contributed by atoms with E-state index in [1.165, 1.54) is 96.4 Å². The normalized spacial score (nSPS) is 11.1. The van der Waals surface area contributed by atoms with Gasteiger partial charge in [-0.1, -0.05) is 108 Å². The summed E-state index contributed by atoms with van der Waals surface area (Å²) in [5, 5.41) is 8.78. The molecule has 0 saturated heterocycles. The highest BCUT2D eigenvalue weighted by molar-refractivity contribution is 5.20. The molecule has 1 aromatic heterocycles. The Morgan fingerprint density at radius 2 is 1.09 bits per heavy atom. The van der Waals surface area contributed by atoms with Crippen molar-refractivity contribution in [1.29, 1.82) is 0 Å². The van der Waals surface area contributed by atoms with Crippen LogP contribution < -0.4 is 21.7 Å². The number of rotatable bonds is 17. The monoisotopic (exact) mass is 477 g/mol. The second-order valence-electron chi connectivity index (χ2n) is 8.74. The summed E-state index contributed by atoms with van der Waals surface area (Å²) in [6.07, 6.45) is 23.7. The zero-order valence-corrected chi connectivity index (χ0v) is 21.9. The van der Waals surface area contributed by atoms with Crippen LogP contribution in [0, 0.1) is 0 Å². The number of halogens is 1. The number of ether oxygens (including phenoxy) is 1. The third-order valence-electron chi connectivity index (χ3n) is 5.60. The van der Waals surface area contributed by atoms with Crippen molar-refractivity contribution < 1.29 is 26.8 Å². The standard InChI is InChI=1S/C21H38N.C8H10O2.ClH/c1-2-3-4-5-6-7-8-9-10-11-12-13-14-16-19-22-20-17-15-18-21-22;1-7(9)10-8-5-3-2-4-6-8;/h15,17-18,20-21H,2-14,16,19H2,1H3;2-7,9H,1H3;1H/q+1;;/p-1. The van der Waals surface area contributed by atoms with Gasteiger partial charge >= 0.3 is 0 Å². The lowest BCUT2D eigenvalue weighted by molar-refractivity contribution is -0.697. The Labute approximate surface area is 210 Å². The van der Waals surface area contributed by atoms with E-state index in [1.807, 2.05) is 18.2 Å². The molecule has 1 unspecified atom stereocenters. The molecule has 0 aliphatic carbocycles. The van der Waals surface area contributed by atoms with Crippen LogP contribution in [0.1, 0.15) is 104 Å². The van der Waals surface area contributed by atoms with Crippen molar-refractivity contribution in [2.75, 3.05) is 0 Å². The zero-order valence-electron chi connectivity index (χ0n) is 21.1. The van der Waals surface area contributed by atoms with Crippen LogP contribution in [-0.2, 0) is 6.54 Å². The average Bonchev–Trinajstić information content (AvgIpc) is 2.81. The van der Waals surface area contributed by atoms with Crippen LogP contribution in [0.15, 0.2) is 60.9 Å². The Morgan fingerprint density at radius 1 is 0.667 bits per heavy atom. The first-order chi connectivity index (χ1) is 15.7. The molecule has 2 aromatic rings. The molecular formula is C29H48ClNO2. The molecule has 1 aromatic carbocycles. The fraction of sp³-hybridized carbons (Fsp3) is 0.621. The van der Waals surface area contributed by atoms with Gasteiger partial charge < -0.3 is 22.3 Å². The van der Waals surface area contributed by atoms with Crippen LogP contribution in [0.25, 0.3) is 0 Å². The average molecular weight is 478 g/mol. The fourth-order valence-corrected chi connectivity index (χ4v) is 3.77. The number of benzene rings is 1. The molecule has 0 fully saturated rings. The molecule has 3 nitrogen and oxygen atoms in total. The van der Waals surface area contributed by atoms with E-state index >= 15 is 0 Å². The Bertz CT molecular complexity index is 622. The number of hydrogen-bond donors (Lipinski definition) is 1. The highest BCUT2D eigenvalue weighted by Crippen LogP contribution is 2.13. The van der Waals surface area contributed by atoms with Crippen molar-refractivity contribution in [3.8, 4) is 5.75 Å². The van der Waals surface area contributed by atoms with Crippen molar-refractivity contribution in [3.63, 3.8) is 0 Å². The maximum atomic E-state index is 8.78. The first kappa shape index (κ1) is 31.4. The quantitative estimate of drug-likeness (QED) is 0.200. The minimum absolute atomic E-state index is 0. The lowest BCUT2D eigenvalue weighted by Gasteiger charge is -2.06. The van der Waals surface area contributed by atoms with Crippen LogP contribution in [-0.4, -0.2) is 11.4 Å². The van der Waals surface area contributed by atoms with Gasteiger partial charge in [0.25, 0.3) is 0 Å². The summed E-state index contributed by atoms with van der Waals surface area (Å²) in [7, 11) is 0. The molecule has 0 amide bonds. The smallest absolute Gasteiger partial charge is 0.194 e. The molecule has 4 heteroatoms. The summed E-state index contributed by atoms with van der Waals surface area (Å²) < 4.78 is 7.26. The zero-order chi connectivity index (χ0) is 23.1. The van der Waals surface area contributed by atoms with E-state index in [-0.39, 0.29) is 12.4 Å². The Morgan fingerprint density at radius 3 is 1.55 bits per heavy atom. The molecule has 2 rings (SSSR count). The third kappa shape index (κ3) is 20.7. The molecule has 1 atom stereocenters. The maximum absolute atomic E-state index is 8.78. The van der Waals surface area contributed by atoms with Gasteiger partial charge in [0.2, 0.25) is 0 Å². The Kier molecular flexibility index (Phi) is 22.4. The van der Waals surface area contributed by atoms with Crippen molar-refractivity contribution in [2.45, 2.75) is 117 Å². The minimum Gasteiger partial charge on any atom is -1.00 e. The van der Waals surface area contributed by atoms with Crippen molar-refractivity contribution in [1.82, 2.24) is 0 Å². The second kappa shape index (κ2) is 23.6. The number of aryl methyl sites for hydroxylation is 1. The number of nitrogens with zero attached hydrogens (tertiary/aromatic N) is 1. The van der Waals surface area contributed by atoms with E-state index in [9.17, 15) is 0 Å². The number of hydrogen-bond acceptors (Lipinski definition) is 2. The molecule has 0 spiro atoms. The van der Waals surface area contributed by atoms with Crippen LogP contribution >= 0.6 is 0 Å². The van der Waals surface area contributed by atoms with Crippen LogP contribution in [0.2, 0.25) is 0 Å². The van der Waals surface area contributed by atoms with E-state index in [2.05, 4.69) is 42.1 Å². The van der Waals surface area contributed by atoms with Crippen molar-refractivity contribution in [2.24, 2.45) is 0 Å². The molecule has 33 heavy (non-hydrogen) atoms. The largest absolute Gasteiger partial charge is 1.00 e. The van der Waals surface area contributed by atoms with E-state index in [0.29, 0.717) is 5.75 Å². The molecule has 1 N–H and O–H groups in total. The van der Waals surface area contributed by atoms with Crippen molar-refractivity contribution in [3.05, 3.63) is 60.9 Å². The third-order valence-corrected chi connectivity index (χ3v) is 5.60. The number of aliphatic hydroxyl groups is 1. The number of pyridine rings is 1. The fourth-order valence-electron chi connectivity index (χ4n) is 3.77. The van der Waals surface area contributed by atoms with Gasteiger partial charge in [-0.3, -0.25) is 0 Å². The van der Waals surface area contributed by atoms with Crippen LogP contribution in [0.3, 0.4) is 0 Å². The minimum atomic E-state index is -0.734. The summed E-state index contributed by atoms with van der Waals surface area (Å²) in [4.78, 5) is 0. The van der Waals surface area contributed by atoms with Gasteiger partial charge in [-0.2, -0.15) is 0 Å². The molecule has 0 bridgehead atoms. The van der Waals surface area contributed by atoms with Gasteiger partial charge in [-0.25, -0.2) is 4.57 Å². The summed E-state index contributed by atoms with van der Waals surface area (Å²) >= 11 is 0. The second-order valence-corrected chi connectivity index (χ2v) is 8.74. The van der Waals surface area contributed by atoms with E-state index in [0.717, 1.165) is 0 Å². The summed E-state index contributed by atoms with van der Waals surface area (Å²) in [6.45, 7) is 5.05. The number of aliphatic hydroxyl groups excluding tert-OH is 1. The van der Waals surface area contributed by atoms with Gasteiger partial charge in [-0.05, 0) is 25.5 Å². The lowest BCUT2D eigenvalue weighted by Crippen LogP contribution is -3.00. The van der Waals surface area contributed by atoms with Gasteiger partial charge in [0.1, 0.15) is 12.3 Å². The highest BCUT2D eigenvalue weighted by atomic mass is 35.5. The molecule has 0 aliphatic rings. The Balaban J connectivity index is 0.000000779. The van der Waals surface area contributed by atoms with Gasteiger partial charge in [0.15, 0.2) is 18.7 Å². The van der Waals surface area contributed by atoms with Crippen LogP contribution in [0.5, 0.6) is 5.75 Å². The number of aromatic nitrogens is 1. The number of para-hydroxylation sites is 1. The summed E-state index contributed by atoms with van der Waals surface area (Å²) in [5.74, 6) is 0.692. The molecule has 1 heterocycles. The molecule has 188 valence electrons. The molecular weight excluding hydrogens is 430 g/mol. The first-order valence-electron chi connectivity index (χ1n) is 13.1. The predicted octanol–water partition coefficient (Wildman–Crippen LogP) is 4.86. The molecule has 0 saturated carbocycles. The molecule has 0 aliphatic heterocycles. The van der Waals surface area contributed by atoms with Gasteiger partial charge in [-0.15, -0.1) is 0 Å². The first-order valence-corrected chi connectivity index (χ1v) is 13.1. The van der Waals surface area contributed by atoms with E-state index in [4.69, 9.17) is 9.84 Å². The van der Waals surface area contributed by atoms with Gasteiger partial charge in [0, 0.05) is 18.6 Å². The maximum Gasteiger partial charge on any atom is 0.194 e. The van der Waals surface area contributed by atoms with E-state index < -0.39 is 6.29 Å². The lowest BCUT2D eigenvalue weighted by atomic mass is 10.0. The van der Waals surface area contributed by atoms with Crippen LogP contribution in [0.4, 0.5) is 0 Å². The summed E-state index contributed by atoms with van der Waals surface area (Å²) in [5.41, 5.74) is 0. The Hall–Kier alpha value is -1.58. The molecule has 0 radical (unpaired) electrons. The summed E-state index contributed by atoms with van der Waals surface area (Å²) in [6, 6.07) is 15.5. The number of unbranched alkanes of at least 4 members (excludes halogenated alkanes) is 13. The highest BCUT2D eigenvalue weighted by Gasteiger charge is 1.98. The van der Waals surface area contributed by atoms with Crippen molar-refractivity contribution >= 4 is 0 Å². The SMILES string of the molecule is CC(O)Oc1ccccc1.CCCCCCCCCCCCCCCC[n+]1ccccc1.[Cl-]. The van der Waals surface area contributed by atoms with Gasteiger partial charge in [0.05, 0.1) is 0 Å².